The predicted octanol–water partition coefficient (Wildman–Crippen LogP) is 0.599. The van der Waals surface area contributed by atoms with E-state index in [1.165, 1.54) is 0 Å². The quantitative estimate of drug-likeness (QED) is 0.751. The number of aliphatic hydroxyl groups is 1. The molecule has 0 unspecified atom stereocenters. The molecule has 1 aromatic heterocycles. The van der Waals surface area contributed by atoms with Crippen molar-refractivity contribution in [3.05, 3.63) is 17.7 Å². The lowest BCUT2D eigenvalue weighted by atomic mass is 10.2. The highest BCUT2D eigenvalue weighted by Gasteiger charge is 2.19. The number of hydrogen-bond donors (Lipinski definition) is 1. The smallest absolute Gasteiger partial charge is 0.123 e. The van der Waals surface area contributed by atoms with E-state index in [0.717, 1.165) is 31.2 Å². The van der Waals surface area contributed by atoms with Gasteiger partial charge in [0, 0.05) is 25.3 Å². The van der Waals surface area contributed by atoms with Gasteiger partial charge >= 0.3 is 0 Å². The third-order valence-electron chi connectivity index (χ3n) is 2.77. The van der Waals surface area contributed by atoms with E-state index in [2.05, 4.69) is 28.3 Å². The number of imidazole rings is 1. The number of fused-ring (bicyclic) bond motifs is 1. The van der Waals surface area contributed by atoms with E-state index in [-0.39, 0.29) is 6.61 Å². The Kier molecular flexibility index (Phi) is 2.56. The van der Waals surface area contributed by atoms with E-state index < -0.39 is 0 Å². The van der Waals surface area contributed by atoms with Gasteiger partial charge in [0.25, 0.3) is 0 Å². The molecule has 1 aliphatic heterocycles. The van der Waals surface area contributed by atoms with Gasteiger partial charge in [0.05, 0.1) is 18.8 Å². The van der Waals surface area contributed by atoms with Crippen molar-refractivity contribution in [3.63, 3.8) is 0 Å². The molecule has 14 heavy (non-hydrogen) atoms. The van der Waals surface area contributed by atoms with Crippen molar-refractivity contribution in [2.24, 2.45) is 0 Å². The van der Waals surface area contributed by atoms with Crippen LogP contribution in [0, 0.1) is 0 Å². The minimum atomic E-state index is 0.0433. The second-order valence-electron chi connectivity index (χ2n) is 4.06. The number of aliphatic hydroxyl groups excluding tert-OH is 1. The second kappa shape index (κ2) is 3.71. The summed E-state index contributed by atoms with van der Waals surface area (Å²) in [5.74, 6) is 1.08. The van der Waals surface area contributed by atoms with Crippen LogP contribution >= 0.6 is 0 Å². The molecule has 0 saturated heterocycles. The van der Waals surface area contributed by atoms with Gasteiger partial charge in [-0.05, 0) is 13.8 Å². The van der Waals surface area contributed by atoms with Gasteiger partial charge in [-0.3, -0.25) is 4.90 Å². The van der Waals surface area contributed by atoms with Gasteiger partial charge < -0.3 is 9.67 Å². The number of aromatic nitrogens is 2. The zero-order valence-corrected chi connectivity index (χ0v) is 8.77. The predicted molar refractivity (Wildman–Crippen MR) is 53.7 cm³/mol. The molecule has 0 saturated carbocycles. The Morgan fingerprint density at radius 3 is 2.93 bits per heavy atom. The molecule has 0 aliphatic carbocycles. The highest BCUT2D eigenvalue weighted by Crippen LogP contribution is 2.14. The largest absolute Gasteiger partial charge is 0.390 e. The summed E-state index contributed by atoms with van der Waals surface area (Å²) in [6.45, 7) is 7.41. The van der Waals surface area contributed by atoms with Gasteiger partial charge in [-0.2, -0.15) is 0 Å². The van der Waals surface area contributed by atoms with Gasteiger partial charge in [0.1, 0.15) is 5.82 Å². The summed E-state index contributed by atoms with van der Waals surface area (Å²) >= 11 is 0. The molecule has 0 amide bonds. The van der Waals surface area contributed by atoms with Gasteiger partial charge in [0.2, 0.25) is 0 Å². The highest BCUT2D eigenvalue weighted by molar-refractivity contribution is 5.05. The lowest BCUT2D eigenvalue weighted by Crippen LogP contribution is -2.38. The average molecular weight is 195 g/mol. The molecule has 2 rings (SSSR count). The molecule has 0 radical (unpaired) electrons. The van der Waals surface area contributed by atoms with Crippen LogP contribution in [0.25, 0.3) is 0 Å². The first-order valence-corrected chi connectivity index (χ1v) is 5.10. The summed E-state index contributed by atoms with van der Waals surface area (Å²) in [4.78, 5) is 6.77. The fourth-order valence-electron chi connectivity index (χ4n) is 1.85. The molecule has 0 atom stereocenters. The summed E-state index contributed by atoms with van der Waals surface area (Å²) in [5.41, 5.74) is 0.783. The molecule has 78 valence electrons. The van der Waals surface area contributed by atoms with Crippen LogP contribution in [-0.2, 0) is 19.7 Å². The molecule has 4 nitrogen and oxygen atoms in total. The third kappa shape index (κ3) is 1.67. The Morgan fingerprint density at radius 2 is 2.29 bits per heavy atom. The molecule has 0 fully saturated rings. The molecule has 4 heteroatoms. The van der Waals surface area contributed by atoms with Crippen molar-refractivity contribution in [1.82, 2.24) is 14.5 Å². The Labute approximate surface area is 84.2 Å². The summed E-state index contributed by atoms with van der Waals surface area (Å²) in [7, 11) is 0. The van der Waals surface area contributed by atoms with E-state index in [1.54, 1.807) is 0 Å². The molecular formula is C10H17N3O. The maximum Gasteiger partial charge on any atom is 0.123 e. The van der Waals surface area contributed by atoms with Gasteiger partial charge in [-0.1, -0.05) is 0 Å². The maximum absolute atomic E-state index is 8.97. The fourth-order valence-corrected chi connectivity index (χ4v) is 1.85. The Bertz CT molecular complexity index is 319. The van der Waals surface area contributed by atoms with E-state index in [1.807, 2.05) is 6.20 Å². The number of hydrogen-bond acceptors (Lipinski definition) is 3. The average Bonchev–Trinajstić information content (AvgIpc) is 2.58. The SMILES string of the molecule is CC(C)N1CCn2cc(CO)nc2C1. The second-order valence-corrected chi connectivity index (χ2v) is 4.06. The highest BCUT2D eigenvalue weighted by atomic mass is 16.3. The summed E-state index contributed by atoms with van der Waals surface area (Å²) < 4.78 is 2.14. The van der Waals surface area contributed by atoms with Crippen molar-refractivity contribution in [2.75, 3.05) is 6.54 Å². The van der Waals surface area contributed by atoms with Crippen molar-refractivity contribution in [1.29, 1.82) is 0 Å². The molecular weight excluding hydrogens is 178 g/mol. The van der Waals surface area contributed by atoms with Crippen LogP contribution in [-0.4, -0.2) is 32.1 Å². The molecule has 0 spiro atoms. The Hall–Kier alpha value is -0.870. The topological polar surface area (TPSA) is 41.3 Å². The van der Waals surface area contributed by atoms with Crippen molar-refractivity contribution >= 4 is 0 Å². The van der Waals surface area contributed by atoms with Crippen LogP contribution < -0.4 is 0 Å². The van der Waals surface area contributed by atoms with Gasteiger partial charge in [-0.15, -0.1) is 0 Å². The fraction of sp³-hybridized carbons (Fsp3) is 0.700. The third-order valence-corrected chi connectivity index (χ3v) is 2.77. The molecule has 1 N–H and O–H groups in total. The minimum Gasteiger partial charge on any atom is -0.390 e. The lowest BCUT2D eigenvalue weighted by molar-refractivity contribution is 0.173. The van der Waals surface area contributed by atoms with Crippen LogP contribution in [0.1, 0.15) is 25.4 Å². The van der Waals surface area contributed by atoms with Crippen LogP contribution in [0.3, 0.4) is 0 Å². The summed E-state index contributed by atoms with van der Waals surface area (Å²) in [6, 6.07) is 0.568. The van der Waals surface area contributed by atoms with Crippen LogP contribution in [0.15, 0.2) is 6.20 Å². The number of nitrogens with zero attached hydrogens (tertiary/aromatic N) is 3. The van der Waals surface area contributed by atoms with Crippen molar-refractivity contribution < 1.29 is 5.11 Å². The van der Waals surface area contributed by atoms with E-state index >= 15 is 0 Å². The minimum absolute atomic E-state index is 0.0433. The monoisotopic (exact) mass is 195 g/mol. The molecule has 1 aliphatic rings. The van der Waals surface area contributed by atoms with E-state index in [9.17, 15) is 0 Å². The Morgan fingerprint density at radius 1 is 1.50 bits per heavy atom. The van der Waals surface area contributed by atoms with Crippen LogP contribution in [0.2, 0.25) is 0 Å². The first-order chi connectivity index (χ1) is 6.70. The Balaban J connectivity index is 2.17. The zero-order valence-electron chi connectivity index (χ0n) is 8.77. The zero-order chi connectivity index (χ0) is 10.1. The van der Waals surface area contributed by atoms with Crippen LogP contribution in [0.5, 0.6) is 0 Å². The maximum atomic E-state index is 8.97. The molecule has 2 heterocycles. The normalized spacial score (nSPS) is 17.4. The van der Waals surface area contributed by atoms with Gasteiger partial charge in [0.15, 0.2) is 0 Å². The summed E-state index contributed by atoms with van der Waals surface area (Å²) in [5, 5.41) is 8.97. The molecule has 0 aromatic carbocycles. The lowest BCUT2D eigenvalue weighted by Gasteiger charge is -2.30. The van der Waals surface area contributed by atoms with Crippen molar-refractivity contribution in [3.8, 4) is 0 Å². The first-order valence-electron chi connectivity index (χ1n) is 5.10. The standard InChI is InChI=1S/C10H17N3O/c1-8(2)12-3-4-13-5-9(7-14)11-10(13)6-12/h5,8,14H,3-4,6-7H2,1-2H3. The van der Waals surface area contributed by atoms with Crippen LogP contribution in [0.4, 0.5) is 0 Å². The van der Waals surface area contributed by atoms with Crippen molar-refractivity contribution in [2.45, 2.75) is 39.6 Å². The summed E-state index contributed by atoms with van der Waals surface area (Å²) in [6.07, 6.45) is 1.95. The van der Waals surface area contributed by atoms with E-state index in [4.69, 9.17) is 5.11 Å². The van der Waals surface area contributed by atoms with Gasteiger partial charge in [-0.25, -0.2) is 4.98 Å². The molecule has 0 bridgehead atoms. The van der Waals surface area contributed by atoms with E-state index in [0.29, 0.717) is 6.04 Å². The molecule has 1 aromatic rings. The first kappa shape index (κ1) is 9.68. The number of rotatable bonds is 2.